The molecule has 2 aromatic rings. The Kier molecular flexibility index (Phi) is 7.19. The molecule has 1 aliphatic rings. The van der Waals surface area contributed by atoms with Crippen LogP contribution in [0.2, 0.25) is 5.02 Å². The van der Waals surface area contributed by atoms with E-state index in [0.29, 0.717) is 22.5 Å². The zero-order valence-corrected chi connectivity index (χ0v) is 19.8. The minimum Gasteiger partial charge on any atom is -0.321 e. The Balaban J connectivity index is 1.85. The number of carbonyl (C=O) groups excluding carboxylic acids is 1. The molecule has 0 aliphatic carbocycles. The fourth-order valence-corrected chi connectivity index (χ4v) is 5.42. The summed E-state index contributed by atoms with van der Waals surface area (Å²) in [5.74, 6) is -0.138. The number of piperidine rings is 1. The summed E-state index contributed by atoms with van der Waals surface area (Å²) in [6.45, 7) is 7.11. The van der Waals surface area contributed by atoms with Crippen LogP contribution in [-0.4, -0.2) is 45.1 Å². The number of likely N-dealkylation sites (tertiary alicyclic amines) is 1. The van der Waals surface area contributed by atoms with E-state index in [-0.39, 0.29) is 21.7 Å². The third-order valence-corrected chi connectivity index (χ3v) is 7.84. The summed E-state index contributed by atoms with van der Waals surface area (Å²) in [6.07, 6.45) is 1.79. The predicted molar refractivity (Wildman–Crippen MR) is 126 cm³/mol. The number of anilines is 1. The zero-order valence-electron chi connectivity index (χ0n) is 18.3. The highest BCUT2D eigenvalue weighted by atomic mass is 35.5. The van der Waals surface area contributed by atoms with Gasteiger partial charge in [0.2, 0.25) is 0 Å². The summed E-state index contributed by atoms with van der Waals surface area (Å²) in [4.78, 5) is 14.9. The number of nitrogens with one attached hydrogen (secondary N) is 1. The predicted octanol–water partition coefficient (Wildman–Crippen LogP) is 4.70. The van der Waals surface area contributed by atoms with Gasteiger partial charge in [-0.3, -0.25) is 4.79 Å². The van der Waals surface area contributed by atoms with Crippen molar-refractivity contribution in [2.75, 3.05) is 25.5 Å². The SMILES string of the molecule is CC(=NS(=O)(=O)c1ccc(NC(=O)c2ccccc2C)c(Cl)c1C)C1CCN(C)CC1. The van der Waals surface area contributed by atoms with Crippen LogP contribution in [-0.2, 0) is 10.0 Å². The lowest BCUT2D eigenvalue weighted by Crippen LogP contribution is -2.33. The molecule has 0 radical (unpaired) electrons. The van der Waals surface area contributed by atoms with Crippen molar-refractivity contribution in [2.24, 2.45) is 10.3 Å². The van der Waals surface area contributed by atoms with E-state index < -0.39 is 10.0 Å². The van der Waals surface area contributed by atoms with Crippen LogP contribution in [0.4, 0.5) is 5.69 Å². The van der Waals surface area contributed by atoms with Crippen LogP contribution < -0.4 is 5.32 Å². The molecule has 0 unspecified atom stereocenters. The molecular weight excluding hydrogens is 434 g/mol. The van der Waals surface area contributed by atoms with E-state index in [1.54, 1.807) is 26.0 Å². The van der Waals surface area contributed by atoms with Gasteiger partial charge in [0.25, 0.3) is 15.9 Å². The molecule has 0 bridgehead atoms. The van der Waals surface area contributed by atoms with Gasteiger partial charge in [0.05, 0.1) is 15.6 Å². The lowest BCUT2D eigenvalue weighted by atomic mass is 9.93. The van der Waals surface area contributed by atoms with Crippen molar-refractivity contribution >= 4 is 38.9 Å². The molecule has 6 nitrogen and oxygen atoms in total. The van der Waals surface area contributed by atoms with Crippen molar-refractivity contribution in [1.82, 2.24) is 4.90 Å². The van der Waals surface area contributed by atoms with Crippen molar-refractivity contribution < 1.29 is 13.2 Å². The first kappa shape index (κ1) is 23.4. The van der Waals surface area contributed by atoms with E-state index in [0.717, 1.165) is 31.5 Å². The Hall–Kier alpha value is -2.22. The molecule has 31 heavy (non-hydrogen) atoms. The molecule has 166 valence electrons. The van der Waals surface area contributed by atoms with Gasteiger partial charge in [-0.25, -0.2) is 0 Å². The molecule has 2 aromatic carbocycles. The number of rotatable bonds is 5. The van der Waals surface area contributed by atoms with Crippen molar-refractivity contribution in [3.8, 4) is 0 Å². The van der Waals surface area contributed by atoms with Gasteiger partial charge in [-0.1, -0.05) is 29.8 Å². The van der Waals surface area contributed by atoms with Crippen molar-refractivity contribution in [2.45, 2.75) is 38.5 Å². The standard InChI is InChI=1S/C23H28ClN3O3S/c1-15-7-5-6-8-19(15)23(28)25-20-9-10-21(16(2)22(20)24)31(29,30)26-17(3)18-11-13-27(4)14-12-18/h5-10,18H,11-14H2,1-4H3,(H,25,28). The number of amides is 1. The summed E-state index contributed by atoms with van der Waals surface area (Å²) in [6, 6.07) is 10.2. The van der Waals surface area contributed by atoms with Gasteiger partial charge in [0.15, 0.2) is 0 Å². The summed E-state index contributed by atoms with van der Waals surface area (Å²) in [5, 5.41) is 2.97. The number of benzene rings is 2. The Labute approximate surface area is 189 Å². The maximum atomic E-state index is 13.0. The second-order valence-corrected chi connectivity index (χ2v) is 10.1. The fraction of sp³-hybridized carbons (Fsp3) is 0.391. The first-order valence-corrected chi connectivity index (χ1v) is 12.1. The van der Waals surface area contributed by atoms with Crippen molar-refractivity contribution in [1.29, 1.82) is 0 Å². The van der Waals surface area contributed by atoms with Gasteiger partial charge in [-0.15, -0.1) is 0 Å². The van der Waals surface area contributed by atoms with Gasteiger partial charge >= 0.3 is 0 Å². The largest absolute Gasteiger partial charge is 0.321 e. The number of sulfonamides is 1. The molecule has 1 heterocycles. The molecule has 1 fully saturated rings. The van der Waals surface area contributed by atoms with E-state index in [4.69, 9.17) is 11.6 Å². The minimum absolute atomic E-state index is 0.0543. The molecule has 8 heteroatoms. The zero-order chi connectivity index (χ0) is 22.8. The van der Waals surface area contributed by atoms with Gasteiger partial charge in [-0.05, 0) is 83.1 Å². The number of hydrogen-bond acceptors (Lipinski definition) is 4. The van der Waals surface area contributed by atoms with Crippen LogP contribution in [0.25, 0.3) is 0 Å². The molecule has 1 N–H and O–H groups in total. The Morgan fingerprint density at radius 2 is 1.77 bits per heavy atom. The molecule has 1 aliphatic heterocycles. The molecular formula is C23H28ClN3O3S. The van der Waals surface area contributed by atoms with E-state index in [9.17, 15) is 13.2 Å². The summed E-state index contributed by atoms with van der Waals surface area (Å²) in [5.41, 5.74) is 2.73. The van der Waals surface area contributed by atoms with Gasteiger partial charge in [0.1, 0.15) is 0 Å². The van der Waals surface area contributed by atoms with Crippen LogP contribution >= 0.6 is 11.6 Å². The monoisotopic (exact) mass is 461 g/mol. The quantitative estimate of drug-likeness (QED) is 0.654. The van der Waals surface area contributed by atoms with Crippen LogP contribution in [0.1, 0.15) is 41.3 Å². The average Bonchev–Trinajstić information content (AvgIpc) is 2.71. The molecule has 0 spiro atoms. The molecule has 0 aromatic heterocycles. The Bertz CT molecular complexity index is 1120. The van der Waals surface area contributed by atoms with Gasteiger partial charge in [-0.2, -0.15) is 12.8 Å². The van der Waals surface area contributed by atoms with Crippen LogP contribution in [0.3, 0.4) is 0 Å². The first-order chi connectivity index (χ1) is 14.6. The highest BCUT2D eigenvalue weighted by Gasteiger charge is 2.24. The number of halogens is 1. The van der Waals surface area contributed by atoms with E-state index in [1.165, 1.54) is 12.1 Å². The fourth-order valence-electron chi connectivity index (χ4n) is 3.80. The molecule has 1 amide bonds. The molecule has 0 saturated carbocycles. The Morgan fingerprint density at radius 1 is 1.13 bits per heavy atom. The lowest BCUT2D eigenvalue weighted by Gasteiger charge is -2.28. The maximum absolute atomic E-state index is 13.0. The van der Waals surface area contributed by atoms with Crippen molar-refractivity contribution in [3.63, 3.8) is 0 Å². The van der Waals surface area contributed by atoms with Gasteiger partial charge < -0.3 is 10.2 Å². The minimum atomic E-state index is -3.90. The summed E-state index contributed by atoms with van der Waals surface area (Å²) < 4.78 is 30.1. The second-order valence-electron chi connectivity index (χ2n) is 8.10. The third-order valence-electron chi connectivity index (χ3n) is 5.83. The van der Waals surface area contributed by atoms with Crippen LogP contribution in [0.5, 0.6) is 0 Å². The second kappa shape index (κ2) is 9.51. The summed E-state index contributed by atoms with van der Waals surface area (Å²) >= 11 is 6.44. The Morgan fingerprint density at radius 3 is 2.42 bits per heavy atom. The van der Waals surface area contributed by atoms with E-state index in [1.807, 2.05) is 19.1 Å². The van der Waals surface area contributed by atoms with E-state index in [2.05, 4.69) is 21.7 Å². The number of aryl methyl sites for hydroxylation is 1. The van der Waals surface area contributed by atoms with Gasteiger partial charge in [0, 0.05) is 17.2 Å². The summed E-state index contributed by atoms with van der Waals surface area (Å²) in [7, 11) is -1.84. The van der Waals surface area contributed by atoms with E-state index >= 15 is 0 Å². The van der Waals surface area contributed by atoms with Crippen molar-refractivity contribution in [3.05, 3.63) is 58.1 Å². The molecule has 1 saturated heterocycles. The number of nitrogens with zero attached hydrogens (tertiary/aromatic N) is 2. The molecule has 0 atom stereocenters. The third kappa shape index (κ3) is 5.34. The maximum Gasteiger partial charge on any atom is 0.282 e. The van der Waals surface area contributed by atoms with Crippen LogP contribution in [0, 0.1) is 19.8 Å². The van der Waals surface area contributed by atoms with Crippen LogP contribution in [0.15, 0.2) is 45.7 Å². The average molecular weight is 462 g/mol. The first-order valence-electron chi connectivity index (χ1n) is 10.3. The number of hydrogen-bond donors (Lipinski definition) is 1. The normalized spacial score (nSPS) is 16.4. The highest BCUT2D eigenvalue weighted by molar-refractivity contribution is 7.90. The molecule has 3 rings (SSSR count). The lowest BCUT2D eigenvalue weighted by molar-refractivity contribution is 0.102. The highest BCUT2D eigenvalue weighted by Crippen LogP contribution is 2.32. The smallest absolute Gasteiger partial charge is 0.282 e. The topological polar surface area (TPSA) is 78.8 Å². The number of carbonyl (C=O) groups is 1.